The molecule has 14 nitrogen and oxygen atoms in total. The Kier molecular flexibility index (Phi) is 11.9. The summed E-state index contributed by atoms with van der Waals surface area (Å²) < 4.78 is 30.9. The summed E-state index contributed by atoms with van der Waals surface area (Å²) in [5, 5.41) is 40.3. The van der Waals surface area contributed by atoms with Gasteiger partial charge in [-0.3, -0.25) is 19.2 Å². The Labute approximate surface area is 354 Å². The van der Waals surface area contributed by atoms with Crippen molar-refractivity contribution in [3.63, 3.8) is 0 Å². The first-order valence-electron chi connectivity index (χ1n) is 20.5. The number of ether oxygens (including phenoxy) is 5. The highest BCUT2D eigenvalue weighted by atomic mass is 16.6. The maximum absolute atomic E-state index is 15.5. The van der Waals surface area contributed by atoms with E-state index in [4.69, 9.17) is 23.7 Å². The van der Waals surface area contributed by atoms with E-state index in [-0.39, 0.29) is 42.8 Å². The largest absolute Gasteiger partial charge is 0.456 e. The number of Topliss-reactive ketones (excluding diaryl/α,β-unsaturated/α-hetero) is 1. The Balaban J connectivity index is 1.37. The Morgan fingerprint density at radius 1 is 0.885 bits per heavy atom. The maximum Gasteiger partial charge on any atom is 0.338 e. The van der Waals surface area contributed by atoms with Crippen LogP contribution < -0.4 is 5.32 Å². The second kappa shape index (κ2) is 16.6. The fourth-order valence-corrected chi connectivity index (χ4v) is 10.3. The predicted octanol–water partition coefficient (Wildman–Crippen LogP) is 4.10. The molecule has 0 aromatic heterocycles. The van der Waals surface area contributed by atoms with Crippen LogP contribution >= 0.6 is 0 Å². The molecule has 3 aliphatic carbocycles. The van der Waals surface area contributed by atoms with Gasteiger partial charge in [-0.1, -0.05) is 92.7 Å². The number of fused-ring (bicyclic) bond motifs is 5. The van der Waals surface area contributed by atoms with Gasteiger partial charge in [0.2, 0.25) is 0 Å². The molecule has 1 heterocycles. The number of nitrogens with one attached hydrogen (secondary N) is 1. The van der Waals surface area contributed by atoms with Crippen molar-refractivity contribution in [2.24, 2.45) is 16.7 Å². The van der Waals surface area contributed by atoms with Crippen LogP contribution in [0.2, 0.25) is 0 Å². The topological polar surface area (TPSA) is 204 Å². The van der Waals surface area contributed by atoms with Gasteiger partial charge in [-0.05, 0) is 48.3 Å². The van der Waals surface area contributed by atoms with Gasteiger partial charge in [0, 0.05) is 43.6 Å². The first kappa shape index (κ1) is 43.8. The Hall–Kier alpha value is -5.25. The summed E-state index contributed by atoms with van der Waals surface area (Å²) in [5.74, 6) is -5.32. The summed E-state index contributed by atoms with van der Waals surface area (Å²) in [6.45, 7) is 8.48. The zero-order valence-electron chi connectivity index (χ0n) is 35.0. The van der Waals surface area contributed by atoms with Crippen molar-refractivity contribution in [3.05, 3.63) is 119 Å². The molecule has 3 fully saturated rings. The molecule has 0 radical (unpaired) electrons. The molecule has 11 atom stereocenters. The molecule has 14 heteroatoms. The minimum atomic E-state index is -2.15. The van der Waals surface area contributed by atoms with Crippen LogP contribution in [0.5, 0.6) is 0 Å². The molecule has 7 rings (SSSR count). The SMILES string of the molecule is CC(=O)O[C@H]1C(=O)[C@@]2(C)[C@H]([C@H](OCc3ccccc3)[C@]3(O)C[C@H](OC(=O)[C@H](O)[C@@H](NC(=O)c4ccccc4)c4ccccc4)C(C)=C1C3(C)C)[C@]1(OC(C)=O)CO[C@@H]1C[C@@H]2O. The highest BCUT2D eigenvalue weighted by molar-refractivity contribution is 5.96. The third kappa shape index (κ3) is 7.48. The molecule has 324 valence electrons. The van der Waals surface area contributed by atoms with E-state index in [0.29, 0.717) is 11.1 Å². The number of aliphatic hydroxyl groups is 3. The normalized spacial score (nSPS) is 32.3. The van der Waals surface area contributed by atoms with Gasteiger partial charge in [-0.2, -0.15) is 0 Å². The van der Waals surface area contributed by atoms with E-state index < -0.39 is 100 Å². The fraction of sp³-hybridized carbons (Fsp3) is 0.468. The molecule has 1 aliphatic heterocycles. The summed E-state index contributed by atoms with van der Waals surface area (Å²) in [6, 6.07) is 24.5. The van der Waals surface area contributed by atoms with E-state index in [1.165, 1.54) is 13.8 Å². The number of rotatable bonds is 11. The first-order chi connectivity index (χ1) is 28.9. The minimum Gasteiger partial charge on any atom is -0.456 e. The van der Waals surface area contributed by atoms with E-state index in [1.807, 2.05) is 30.3 Å². The minimum absolute atomic E-state index is 0.100. The van der Waals surface area contributed by atoms with E-state index in [9.17, 15) is 34.5 Å². The van der Waals surface area contributed by atoms with Gasteiger partial charge in [0.25, 0.3) is 5.91 Å². The number of hydrogen-bond donors (Lipinski definition) is 4. The summed E-state index contributed by atoms with van der Waals surface area (Å²) in [4.78, 5) is 69.2. The maximum atomic E-state index is 15.5. The zero-order chi connectivity index (χ0) is 44.1. The monoisotopic (exact) mass is 839 g/mol. The van der Waals surface area contributed by atoms with Crippen molar-refractivity contribution in [2.45, 2.75) is 115 Å². The number of amides is 1. The molecule has 3 aromatic carbocycles. The van der Waals surface area contributed by atoms with Crippen LogP contribution in [0.4, 0.5) is 0 Å². The molecular formula is C47H53NO13. The second-order valence-electron chi connectivity index (χ2n) is 17.4. The number of benzene rings is 3. The number of aliphatic hydroxyl groups excluding tert-OH is 2. The number of carbonyl (C=O) groups is 5. The van der Waals surface area contributed by atoms with Crippen LogP contribution in [0, 0.1) is 16.7 Å². The van der Waals surface area contributed by atoms with Crippen LogP contribution in [0.25, 0.3) is 0 Å². The molecule has 4 aliphatic rings. The lowest BCUT2D eigenvalue weighted by molar-refractivity contribution is -0.351. The molecule has 2 bridgehead atoms. The van der Waals surface area contributed by atoms with E-state index >= 15 is 4.79 Å². The summed E-state index contributed by atoms with van der Waals surface area (Å²) >= 11 is 0. The molecule has 3 aromatic rings. The Morgan fingerprint density at radius 3 is 2.07 bits per heavy atom. The fourth-order valence-electron chi connectivity index (χ4n) is 10.3. The van der Waals surface area contributed by atoms with E-state index in [1.54, 1.807) is 81.4 Å². The standard InChI is InChI=1S/C47H53NO13/c1-26-32(60-43(55)37(52)36(30-18-12-8-13-19-30)48-42(54)31-20-14-9-15-21-31)23-47(56)41(57-24-29-16-10-7-11-17-29)39-45(6,33(51)22-34-46(39,25-58-34)61-28(3)50)40(53)38(59-27(2)49)35(26)44(47,4)5/h7-21,32-34,36-39,41,51-52,56H,22-25H2,1-6H3,(H,48,54)/t32-,33-,34+,36-,37+,38+,39-,41-,45+,46-,47+/m0/s1. The predicted molar refractivity (Wildman–Crippen MR) is 217 cm³/mol. The molecule has 1 saturated heterocycles. The molecule has 0 unspecified atom stereocenters. The third-order valence-electron chi connectivity index (χ3n) is 13.5. The molecule has 1 amide bonds. The van der Waals surface area contributed by atoms with Crippen molar-refractivity contribution in [1.29, 1.82) is 0 Å². The average molecular weight is 840 g/mol. The van der Waals surface area contributed by atoms with Crippen LogP contribution in [-0.2, 0) is 49.5 Å². The second-order valence-corrected chi connectivity index (χ2v) is 17.4. The van der Waals surface area contributed by atoms with Gasteiger partial charge in [0.05, 0.1) is 36.9 Å². The molecular weight excluding hydrogens is 787 g/mol. The number of ketones is 1. The Bertz CT molecular complexity index is 2190. The summed E-state index contributed by atoms with van der Waals surface area (Å²) in [6.07, 6.45) is -9.38. The molecule has 0 spiro atoms. The lowest BCUT2D eigenvalue weighted by Gasteiger charge is -2.67. The highest BCUT2D eigenvalue weighted by Crippen LogP contribution is 2.64. The number of hydrogen-bond acceptors (Lipinski definition) is 13. The highest BCUT2D eigenvalue weighted by Gasteiger charge is 2.77. The van der Waals surface area contributed by atoms with Gasteiger partial charge in [-0.25, -0.2) is 4.79 Å². The van der Waals surface area contributed by atoms with Gasteiger partial charge in [0.15, 0.2) is 23.6 Å². The van der Waals surface area contributed by atoms with Crippen LogP contribution in [0.15, 0.2) is 102 Å². The van der Waals surface area contributed by atoms with Crippen LogP contribution in [0.1, 0.15) is 81.9 Å². The van der Waals surface area contributed by atoms with Crippen molar-refractivity contribution < 1.29 is 63.0 Å². The lowest BCUT2D eigenvalue weighted by atomic mass is 9.44. The van der Waals surface area contributed by atoms with Gasteiger partial charge in [0.1, 0.15) is 17.8 Å². The average Bonchev–Trinajstić information content (AvgIpc) is 3.22. The van der Waals surface area contributed by atoms with Crippen molar-refractivity contribution in [3.8, 4) is 0 Å². The molecule has 2 saturated carbocycles. The number of esters is 3. The smallest absolute Gasteiger partial charge is 0.338 e. The Morgan fingerprint density at radius 2 is 1.49 bits per heavy atom. The number of carbonyl (C=O) groups excluding carboxylic acids is 5. The van der Waals surface area contributed by atoms with Crippen molar-refractivity contribution >= 4 is 29.6 Å². The zero-order valence-corrected chi connectivity index (χ0v) is 35.0. The van der Waals surface area contributed by atoms with E-state index in [2.05, 4.69) is 5.32 Å². The molecule has 4 N–H and O–H groups in total. The lowest BCUT2D eigenvalue weighted by Crippen LogP contribution is -2.81. The van der Waals surface area contributed by atoms with Gasteiger partial charge < -0.3 is 44.3 Å². The van der Waals surface area contributed by atoms with E-state index in [0.717, 1.165) is 6.92 Å². The first-order valence-corrected chi connectivity index (χ1v) is 20.5. The van der Waals surface area contributed by atoms with Crippen molar-refractivity contribution in [1.82, 2.24) is 5.32 Å². The van der Waals surface area contributed by atoms with Crippen LogP contribution in [-0.4, -0.2) is 99.4 Å². The van der Waals surface area contributed by atoms with Gasteiger partial charge >= 0.3 is 17.9 Å². The molecule has 61 heavy (non-hydrogen) atoms. The summed E-state index contributed by atoms with van der Waals surface area (Å²) in [5.41, 5.74) is -5.38. The van der Waals surface area contributed by atoms with Crippen LogP contribution in [0.3, 0.4) is 0 Å². The van der Waals surface area contributed by atoms with Crippen molar-refractivity contribution in [2.75, 3.05) is 6.61 Å². The van der Waals surface area contributed by atoms with Gasteiger partial charge in [-0.15, -0.1) is 0 Å². The quantitative estimate of drug-likeness (QED) is 0.122. The third-order valence-corrected chi connectivity index (χ3v) is 13.5. The summed E-state index contributed by atoms with van der Waals surface area (Å²) in [7, 11) is 0.